The van der Waals surface area contributed by atoms with Crippen LogP contribution < -0.4 is 15.4 Å². The molecule has 0 amide bonds. The number of benzene rings is 1. The minimum Gasteiger partial charge on any atom is -0.463 e. The lowest BCUT2D eigenvalue weighted by Gasteiger charge is -2.07. The summed E-state index contributed by atoms with van der Waals surface area (Å²) in [4.78, 5) is 12.5. The molecule has 0 spiro atoms. The molecule has 3 heterocycles. The fourth-order valence-electron chi connectivity index (χ4n) is 2.58. The summed E-state index contributed by atoms with van der Waals surface area (Å²) in [5, 5.41) is 13.1. The Labute approximate surface area is 172 Å². The number of rotatable bonds is 8. The highest BCUT2D eigenvalue weighted by molar-refractivity contribution is 7.88. The van der Waals surface area contributed by atoms with Gasteiger partial charge in [0.2, 0.25) is 21.9 Å². The molecular formula is C18H18N8O3S. The van der Waals surface area contributed by atoms with Crippen LogP contribution in [0.4, 0.5) is 23.4 Å². The summed E-state index contributed by atoms with van der Waals surface area (Å²) in [5.74, 6) is 1.73. The normalized spacial score (nSPS) is 11.4. The van der Waals surface area contributed by atoms with Gasteiger partial charge in [0.15, 0.2) is 11.6 Å². The van der Waals surface area contributed by atoms with Gasteiger partial charge in [-0.3, -0.25) is 5.10 Å². The van der Waals surface area contributed by atoms with Crippen molar-refractivity contribution in [2.45, 2.75) is 5.75 Å². The van der Waals surface area contributed by atoms with Crippen molar-refractivity contribution in [1.82, 2.24) is 29.9 Å². The second-order valence-corrected chi connectivity index (χ2v) is 8.11. The fraction of sp³-hybridized carbons (Fsp3) is 0.111. The average Bonchev–Trinajstić information content (AvgIpc) is 3.42. The van der Waals surface area contributed by atoms with Gasteiger partial charge < -0.3 is 15.1 Å². The van der Waals surface area contributed by atoms with Crippen LogP contribution in [0.5, 0.6) is 0 Å². The molecule has 12 heteroatoms. The highest BCUT2D eigenvalue weighted by Gasteiger charge is 2.10. The SMILES string of the molecule is CNS(=O)(=O)Cc1ccc(Nc2ncnc(Nc3cc(-c4ccco4)[nH]n3)n2)cc1. The van der Waals surface area contributed by atoms with E-state index in [1.807, 2.05) is 6.07 Å². The van der Waals surface area contributed by atoms with E-state index < -0.39 is 10.0 Å². The number of hydrogen-bond donors (Lipinski definition) is 4. The number of aromatic nitrogens is 5. The molecule has 11 nitrogen and oxygen atoms in total. The summed E-state index contributed by atoms with van der Waals surface area (Å²) >= 11 is 0. The Hall–Kier alpha value is -3.77. The molecule has 0 fully saturated rings. The Morgan fingerprint density at radius 3 is 2.53 bits per heavy atom. The second-order valence-electron chi connectivity index (χ2n) is 6.19. The van der Waals surface area contributed by atoms with Crippen LogP contribution in [-0.2, 0) is 15.8 Å². The van der Waals surface area contributed by atoms with E-state index in [-0.39, 0.29) is 5.75 Å². The summed E-state index contributed by atoms with van der Waals surface area (Å²) in [6.07, 6.45) is 2.95. The summed E-state index contributed by atoms with van der Waals surface area (Å²) in [5.41, 5.74) is 2.09. The lowest BCUT2D eigenvalue weighted by atomic mass is 10.2. The molecule has 1 aromatic carbocycles. The van der Waals surface area contributed by atoms with Crippen molar-refractivity contribution in [1.29, 1.82) is 0 Å². The minimum absolute atomic E-state index is 0.0900. The Kier molecular flexibility index (Phi) is 5.41. The first-order chi connectivity index (χ1) is 14.5. The monoisotopic (exact) mass is 426 g/mol. The minimum atomic E-state index is -3.32. The predicted octanol–water partition coefficient (Wildman–Crippen LogP) is 2.39. The fourth-order valence-corrected chi connectivity index (χ4v) is 3.36. The highest BCUT2D eigenvalue weighted by atomic mass is 32.2. The summed E-state index contributed by atoms with van der Waals surface area (Å²) < 4.78 is 30.9. The first kappa shape index (κ1) is 19.5. The van der Waals surface area contributed by atoms with Gasteiger partial charge in [-0.15, -0.1) is 0 Å². The Balaban J connectivity index is 1.42. The van der Waals surface area contributed by atoms with Crippen molar-refractivity contribution in [3.05, 3.63) is 60.6 Å². The number of hydrogen-bond acceptors (Lipinski definition) is 9. The lowest BCUT2D eigenvalue weighted by molar-refractivity contribution is 0.580. The molecular weight excluding hydrogens is 408 g/mol. The van der Waals surface area contributed by atoms with Crippen LogP contribution in [-0.4, -0.2) is 40.6 Å². The number of sulfonamides is 1. The molecule has 154 valence electrons. The van der Waals surface area contributed by atoms with Crippen LogP contribution in [0.25, 0.3) is 11.5 Å². The molecule has 0 unspecified atom stereocenters. The van der Waals surface area contributed by atoms with E-state index in [0.717, 1.165) is 5.69 Å². The van der Waals surface area contributed by atoms with Crippen LogP contribution >= 0.6 is 0 Å². The van der Waals surface area contributed by atoms with Crippen molar-refractivity contribution < 1.29 is 12.8 Å². The van der Waals surface area contributed by atoms with E-state index in [9.17, 15) is 8.42 Å². The molecule has 0 saturated carbocycles. The Morgan fingerprint density at radius 2 is 1.83 bits per heavy atom. The van der Waals surface area contributed by atoms with E-state index in [1.165, 1.54) is 13.4 Å². The first-order valence-corrected chi connectivity index (χ1v) is 10.5. The number of H-pyrrole nitrogens is 1. The summed E-state index contributed by atoms with van der Waals surface area (Å²) in [6.45, 7) is 0. The third-order valence-electron chi connectivity index (χ3n) is 4.05. The quantitative estimate of drug-likeness (QED) is 0.333. The van der Waals surface area contributed by atoms with E-state index in [0.29, 0.717) is 34.7 Å². The van der Waals surface area contributed by atoms with Gasteiger partial charge in [0.05, 0.1) is 12.0 Å². The van der Waals surface area contributed by atoms with E-state index in [1.54, 1.807) is 42.7 Å². The van der Waals surface area contributed by atoms with E-state index in [2.05, 4.69) is 40.5 Å². The van der Waals surface area contributed by atoms with Crippen molar-refractivity contribution in [2.24, 2.45) is 0 Å². The maximum Gasteiger partial charge on any atom is 0.233 e. The molecule has 0 saturated heterocycles. The lowest BCUT2D eigenvalue weighted by Crippen LogP contribution is -2.20. The van der Waals surface area contributed by atoms with Gasteiger partial charge in [0.1, 0.15) is 12.0 Å². The molecule has 0 aliphatic rings. The summed E-state index contributed by atoms with van der Waals surface area (Å²) in [7, 11) is -1.93. The van der Waals surface area contributed by atoms with Crippen LogP contribution in [0.15, 0.2) is 59.5 Å². The van der Waals surface area contributed by atoms with Crippen LogP contribution in [0.1, 0.15) is 5.56 Å². The number of anilines is 4. The molecule has 0 atom stereocenters. The molecule has 30 heavy (non-hydrogen) atoms. The van der Waals surface area contributed by atoms with Crippen LogP contribution in [0.2, 0.25) is 0 Å². The van der Waals surface area contributed by atoms with Gasteiger partial charge >= 0.3 is 0 Å². The van der Waals surface area contributed by atoms with E-state index in [4.69, 9.17) is 4.42 Å². The van der Waals surface area contributed by atoms with Gasteiger partial charge in [-0.1, -0.05) is 12.1 Å². The van der Waals surface area contributed by atoms with Crippen molar-refractivity contribution in [3.8, 4) is 11.5 Å². The maximum absolute atomic E-state index is 11.6. The zero-order valence-corrected chi connectivity index (χ0v) is 16.6. The number of nitrogens with zero attached hydrogens (tertiary/aromatic N) is 4. The molecule has 0 aliphatic carbocycles. The first-order valence-electron chi connectivity index (χ1n) is 8.83. The van der Waals surface area contributed by atoms with E-state index >= 15 is 0 Å². The van der Waals surface area contributed by atoms with Gasteiger partial charge in [-0.25, -0.2) is 23.1 Å². The predicted molar refractivity (Wildman–Crippen MR) is 111 cm³/mol. The van der Waals surface area contributed by atoms with Crippen molar-refractivity contribution >= 4 is 33.4 Å². The number of aromatic amines is 1. The Morgan fingerprint density at radius 1 is 1.07 bits per heavy atom. The second kappa shape index (κ2) is 8.31. The largest absolute Gasteiger partial charge is 0.463 e. The highest BCUT2D eigenvalue weighted by Crippen LogP contribution is 2.21. The standard InChI is InChI=1S/C18H18N8O3S/c1-19-30(27,28)10-12-4-6-13(7-5-12)22-17-20-11-21-18(24-17)23-16-9-14(25-26-16)15-3-2-8-29-15/h2-9,11,19H,10H2,1H3,(H3,20,21,22,23,24,25,26). The molecule has 4 aromatic rings. The molecule has 0 aliphatic heterocycles. The zero-order chi connectivity index (χ0) is 21.0. The third kappa shape index (κ3) is 4.79. The molecule has 3 aromatic heterocycles. The Bertz CT molecular complexity index is 1220. The third-order valence-corrected chi connectivity index (χ3v) is 5.39. The molecule has 4 N–H and O–H groups in total. The van der Waals surface area contributed by atoms with Gasteiger partial charge in [0, 0.05) is 11.8 Å². The van der Waals surface area contributed by atoms with Gasteiger partial charge in [0.25, 0.3) is 0 Å². The van der Waals surface area contributed by atoms with Crippen molar-refractivity contribution in [2.75, 3.05) is 17.7 Å². The maximum atomic E-state index is 11.6. The van der Waals surface area contributed by atoms with Crippen LogP contribution in [0, 0.1) is 0 Å². The number of furan rings is 1. The van der Waals surface area contributed by atoms with Crippen molar-refractivity contribution in [3.63, 3.8) is 0 Å². The summed E-state index contributed by atoms with van der Waals surface area (Å²) in [6, 6.07) is 12.3. The molecule has 0 bridgehead atoms. The topological polar surface area (TPSA) is 151 Å². The smallest absolute Gasteiger partial charge is 0.233 e. The van der Waals surface area contributed by atoms with Gasteiger partial charge in [-0.05, 0) is 36.9 Å². The molecule has 0 radical (unpaired) electrons. The van der Waals surface area contributed by atoms with Gasteiger partial charge in [-0.2, -0.15) is 10.1 Å². The molecule has 4 rings (SSSR count). The average molecular weight is 426 g/mol. The zero-order valence-electron chi connectivity index (χ0n) is 15.8. The number of nitrogens with one attached hydrogen (secondary N) is 4. The van der Waals surface area contributed by atoms with Crippen LogP contribution in [0.3, 0.4) is 0 Å².